The van der Waals surface area contributed by atoms with Gasteiger partial charge in [-0.25, -0.2) is 9.07 Å². The first-order valence-corrected chi connectivity index (χ1v) is 5.50. The molecular weight excluding hydrogens is 235 g/mol. The van der Waals surface area contributed by atoms with Crippen molar-refractivity contribution < 1.29 is 9.18 Å². The molecule has 18 heavy (non-hydrogen) atoms. The van der Waals surface area contributed by atoms with Crippen molar-refractivity contribution >= 4 is 17.4 Å². The molecule has 0 saturated heterocycles. The second-order valence-electron chi connectivity index (χ2n) is 3.73. The van der Waals surface area contributed by atoms with Gasteiger partial charge in [-0.05, 0) is 25.1 Å². The van der Waals surface area contributed by atoms with Gasteiger partial charge in [-0.2, -0.15) is 5.10 Å². The average Bonchev–Trinajstić information content (AvgIpc) is 2.70. The smallest absolute Gasteiger partial charge is 0.276 e. The normalized spacial score (nSPS) is 10.3. The van der Waals surface area contributed by atoms with Crippen LogP contribution in [0.3, 0.4) is 0 Å². The third kappa shape index (κ3) is 2.48. The second kappa shape index (κ2) is 4.87. The van der Waals surface area contributed by atoms with Crippen LogP contribution in [-0.2, 0) is 6.54 Å². The summed E-state index contributed by atoms with van der Waals surface area (Å²) < 4.78 is 14.5. The molecule has 0 atom stereocenters. The number of carbonyl (C=O) groups excluding carboxylic acids is 1. The number of nitrogens with two attached hydrogens (primary N) is 1. The van der Waals surface area contributed by atoms with Gasteiger partial charge in [0.15, 0.2) is 5.69 Å². The van der Waals surface area contributed by atoms with Crippen LogP contribution >= 0.6 is 0 Å². The van der Waals surface area contributed by atoms with Crippen molar-refractivity contribution in [1.29, 1.82) is 0 Å². The molecule has 1 heterocycles. The third-order valence-electron chi connectivity index (χ3n) is 2.43. The maximum atomic E-state index is 13.0. The Bertz CT molecular complexity index is 579. The molecule has 0 saturated carbocycles. The van der Waals surface area contributed by atoms with Gasteiger partial charge < -0.3 is 11.1 Å². The number of nitrogen functional groups attached to an aromatic ring is 1. The summed E-state index contributed by atoms with van der Waals surface area (Å²) in [7, 11) is 0. The molecule has 0 unspecified atom stereocenters. The standard InChI is InChI=1S/C12H13FN4O/c1-2-17-11(14)7-10(16-17)12(18)15-9-5-3-4-8(13)6-9/h3-7H,2,14H2,1H3,(H,15,18). The molecule has 2 aromatic rings. The van der Waals surface area contributed by atoms with Crippen LogP contribution in [-0.4, -0.2) is 15.7 Å². The number of aryl methyl sites for hydroxylation is 1. The minimum absolute atomic E-state index is 0.207. The number of aromatic nitrogens is 2. The van der Waals surface area contributed by atoms with Gasteiger partial charge in [-0.15, -0.1) is 0 Å². The molecule has 94 valence electrons. The van der Waals surface area contributed by atoms with E-state index in [1.807, 2.05) is 6.92 Å². The van der Waals surface area contributed by atoms with Gasteiger partial charge in [0.2, 0.25) is 0 Å². The van der Waals surface area contributed by atoms with Gasteiger partial charge in [0.25, 0.3) is 5.91 Å². The van der Waals surface area contributed by atoms with Crippen molar-refractivity contribution in [3.63, 3.8) is 0 Å². The van der Waals surface area contributed by atoms with Crippen LogP contribution in [0.15, 0.2) is 30.3 Å². The number of benzene rings is 1. The van der Waals surface area contributed by atoms with E-state index in [1.165, 1.54) is 28.9 Å². The van der Waals surface area contributed by atoms with Crippen molar-refractivity contribution in [2.75, 3.05) is 11.1 Å². The van der Waals surface area contributed by atoms with Gasteiger partial charge in [-0.1, -0.05) is 6.07 Å². The predicted octanol–water partition coefficient (Wildman–Crippen LogP) is 1.88. The molecule has 1 aromatic heterocycles. The lowest BCUT2D eigenvalue weighted by atomic mass is 10.3. The van der Waals surface area contributed by atoms with Gasteiger partial charge >= 0.3 is 0 Å². The Morgan fingerprint density at radius 1 is 1.50 bits per heavy atom. The lowest BCUT2D eigenvalue weighted by Crippen LogP contribution is -2.13. The van der Waals surface area contributed by atoms with Crippen LogP contribution in [0.1, 0.15) is 17.4 Å². The van der Waals surface area contributed by atoms with Gasteiger partial charge in [0.05, 0.1) is 0 Å². The highest BCUT2D eigenvalue weighted by atomic mass is 19.1. The topological polar surface area (TPSA) is 72.9 Å². The maximum absolute atomic E-state index is 13.0. The van der Waals surface area contributed by atoms with E-state index in [-0.39, 0.29) is 5.69 Å². The SMILES string of the molecule is CCn1nc(C(=O)Nc2cccc(F)c2)cc1N. The van der Waals surface area contributed by atoms with Gasteiger partial charge in [0.1, 0.15) is 11.6 Å². The van der Waals surface area contributed by atoms with E-state index >= 15 is 0 Å². The van der Waals surface area contributed by atoms with Crippen LogP contribution in [0.25, 0.3) is 0 Å². The Labute approximate surface area is 103 Å². The first-order chi connectivity index (χ1) is 8.60. The van der Waals surface area contributed by atoms with Crippen LogP contribution in [0, 0.1) is 5.82 Å². The van der Waals surface area contributed by atoms with Gasteiger partial charge in [-0.3, -0.25) is 4.79 Å². The van der Waals surface area contributed by atoms with Crippen molar-refractivity contribution in [1.82, 2.24) is 9.78 Å². The first-order valence-electron chi connectivity index (χ1n) is 5.50. The molecule has 0 bridgehead atoms. The third-order valence-corrected chi connectivity index (χ3v) is 2.43. The summed E-state index contributed by atoms with van der Waals surface area (Å²) in [6, 6.07) is 7.14. The van der Waals surface area contributed by atoms with Crippen LogP contribution in [0.5, 0.6) is 0 Å². The summed E-state index contributed by atoms with van der Waals surface area (Å²) in [6.45, 7) is 2.46. The van der Waals surface area contributed by atoms with E-state index in [2.05, 4.69) is 10.4 Å². The number of amides is 1. The molecular formula is C12H13FN4O. The Hall–Kier alpha value is -2.37. The molecule has 0 spiro atoms. The average molecular weight is 248 g/mol. The highest BCUT2D eigenvalue weighted by Crippen LogP contribution is 2.12. The lowest BCUT2D eigenvalue weighted by Gasteiger charge is -2.02. The molecule has 0 aliphatic carbocycles. The summed E-state index contributed by atoms with van der Waals surface area (Å²) >= 11 is 0. The Morgan fingerprint density at radius 2 is 2.28 bits per heavy atom. The van der Waals surface area contributed by atoms with Crippen molar-refractivity contribution in [3.8, 4) is 0 Å². The summed E-state index contributed by atoms with van der Waals surface area (Å²) in [4.78, 5) is 11.8. The number of nitrogens with zero attached hydrogens (tertiary/aromatic N) is 2. The van der Waals surface area contributed by atoms with E-state index in [1.54, 1.807) is 6.07 Å². The van der Waals surface area contributed by atoms with E-state index in [0.29, 0.717) is 18.1 Å². The fourth-order valence-electron chi connectivity index (χ4n) is 1.56. The van der Waals surface area contributed by atoms with E-state index in [0.717, 1.165) is 0 Å². The fourth-order valence-corrected chi connectivity index (χ4v) is 1.56. The van der Waals surface area contributed by atoms with E-state index in [9.17, 15) is 9.18 Å². The quantitative estimate of drug-likeness (QED) is 0.871. The zero-order chi connectivity index (χ0) is 13.1. The number of anilines is 2. The molecule has 0 radical (unpaired) electrons. The summed E-state index contributed by atoms with van der Waals surface area (Å²) in [5.74, 6) is -0.409. The summed E-state index contributed by atoms with van der Waals surface area (Å²) in [5, 5.41) is 6.59. The van der Waals surface area contributed by atoms with Crippen molar-refractivity contribution in [3.05, 3.63) is 41.8 Å². The lowest BCUT2D eigenvalue weighted by molar-refractivity contribution is 0.102. The van der Waals surface area contributed by atoms with Crippen LogP contribution in [0.2, 0.25) is 0 Å². The molecule has 1 amide bonds. The van der Waals surface area contributed by atoms with Crippen LogP contribution in [0.4, 0.5) is 15.9 Å². The second-order valence-corrected chi connectivity index (χ2v) is 3.73. The number of hydrogen-bond donors (Lipinski definition) is 2. The molecule has 0 fully saturated rings. The molecule has 0 aliphatic rings. The van der Waals surface area contributed by atoms with Crippen LogP contribution < -0.4 is 11.1 Å². The largest absolute Gasteiger partial charge is 0.384 e. The number of halogens is 1. The highest BCUT2D eigenvalue weighted by molar-refractivity contribution is 6.03. The number of carbonyl (C=O) groups is 1. The first kappa shape index (κ1) is 12.1. The zero-order valence-electron chi connectivity index (χ0n) is 9.85. The number of hydrogen-bond acceptors (Lipinski definition) is 3. The summed E-state index contributed by atoms with van der Waals surface area (Å²) in [6.07, 6.45) is 0. The Kier molecular flexibility index (Phi) is 3.27. The minimum Gasteiger partial charge on any atom is -0.384 e. The number of nitrogens with one attached hydrogen (secondary N) is 1. The van der Waals surface area contributed by atoms with Crippen molar-refractivity contribution in [2.24, 2.45) is 0 Å². The highest BCUT2D eigenvalue weighted by Gasteiger charge is 2.12. The predicted molar refractivity (Wildman–Crippen MR) is 66.7 cm³/mol. The molecule has 2 rings (SSSR count). The van der Waals surface area contributed by atoms with E-state index < -0.39 is 11.7 Å². The zero-order valence-corrected chi connectivity index (χ0v) is 9.85. The molecule has 1 aromatic carbocycles. The van der Waals surface area contributed by atoms with Crippen molar-refractivity contribution in [2.45, 2.75) is 13.5 Å². The molecule has 6 heteroatoms. The minimum atomic E-state index is -0.417. The Balaban J connectivity index is 2.16. The van der Waals surface area contributed by atoms with E-state index in [4.69, 9.17) is 5.73 Å². The molecule has 0 aliphatic heterocycles. The fraction of sp³-hybridized carbons (Fsp3) is 0.167. The number of rotatable bonds is 3. The Morgan fingerprint density at radius 3 is 2.89 bits per heavy atom. The van der Waals surface area contributed by atoms with Gasteiger partial charge in [0, 0.05) is 18.3 Å². The summed E-state index contributed by atoms with van der Waals surface area (Å²) in [5.41, 5.74) is 6.25. The monoisotopic (exact) mass is 248 g/mol. The molecule has 3 N–H and O–H groups in total. The maximum Gasteiger partial charge on any atom is 0.276 e. The molecule has 5 nitrogen and oxygen atoms in total.